The molecule has 1 atom stereocenters. The molecule has 5 nitrogen and oxygen atoms in total. The van der Waals surface area contributed by atoms with Crippen molar-refractivity contribution in [2.45, 2.75) is 51.5 Å². The monoisotopic (exact) mass is 303 g/mol. The van der Waals surface area contributed by atoms with Crippen molar-refractivity contribution < 1.29 is 8.42 Å². The van der Waals surface area contributed by atoms with E-state index < -0.39 is 10.2 Å². The minimum absolute atomic E-state index is 0.120. The second-order valence-corrected chi connectivity index (χ2v) is 7.95. The van der Waals surface area contributed by atoms with Crippen LogP contribution in [0.3, 0.4) is 0 Å². The van der Waals surface area contributed by atoms with Crippen LogP contribution in [0.2, 0.25) is 0 Å². The summed E-state index contributed by atoms with van der Waals surface area (Å²) in [7, 11) is -1.40. The predicted molar refractivity (Wildman–Crippen MR) is 81.8 cm³/mol. The Morgan fingerprint density at radius 1 is 1.20 bits per heavy atom. The average Bonchev–Trinajstić information content (AvgIpc) is 2.38. The molecule has 118 valence electrons. The van der Waals surface area contributed by atoms with Crippen molar-refractivity contribution in [2.75, 3.05) is 33.2 Å². The summed E-state index contributed by atoms with van der Waals surface area (Å²) in [6, 6.07) is 0.120. The van der Waals surface area contributed by atoms with Gasteiger partial charge in [0.2, 0.25) is 0 Å². The third-order valence-corrected chi connectivity index (χ3v) is 6.81. The maximum absolute atomic E-state index is 12.9. The zero-order valence-corrected chi connectivity index (χ0v) is 13.7. The molecule has 1 heterocycles. The molecule has 1 aliphatic carbocycles. The maximum Gasteiger partial charge on any atom is 0.282 e. The second-order valence-electron chi connectivity index (χ2n) is 6.07. The lowest BCUT2D eigenvalue weighted by molar-refractivity contribution is 0.206. The molecule has 1 saturated carbocycles. The number of hydrogen-bond donors (Lipinski definition) is 1. The first-order chi connectivity index (χ1) is 9.59. The Bertz CT molecular complexity index is 393. The molecule has 0 aromatic heterocycles. The van der Waals surface area contributed by atoms with Crippen LogP contribution in [0.25, 0.3) is 0 Å². The molecule has 20 heavy (non-hydrogen) atoms. The molecule has 0 spiro atoms. The number of nitrogens with one attached hydrogen (secondary N) is 1. The number of rotatable bonds is 7. The molecule has 0 bridgehead atoms. The Balaban J connectivity index is 2.08. The molecule has 1 aliphatic heterocycles. The molecule has 0 radical (unpaired) electrons. The average molecular weight is 303 g/mol. The molecule has 6 heteroatoms. The van der Waals surface area contributed by atoms with Crippen LogP contribution in [0.5, 0.6) is 0 Å². The second kappa shape index (κ2) is 7.20. The van der Waals surface area contributed by atoms with Crippen molar-refractivity contribution in [1.82, 2.24) is 13.9 Å². The van der Waals surface area contributed by atoms with E-state index in [9.17, 15) is 8.42 Å². The lowest BCUT2D eigenvalue weighted by atomic mass is 9.85. The first kappa shape index (κ1) is 16.2. The molecule has 0 aromatic rings. The van der Waals surface area contributed by atoms with Gasteiger partial charge in [-0.2, -0.15) is 17.0 Å². The van der Waals surface area contributed by atoms with Crippen LogP contribution in [0.1, 0.15) is 45.4 Å². The SMILES string of the molecule is CCN(CC1CCC1)S(=O)(=O)N1CCCCC1CNC. The fourth-order valence-electron chi connectivity index (χ4n) is 3.22. The van der Waals surface area contributed by atoms with E-state index in [1.54, 1.807) is 8.61 Å². The number of hydrogen-bond acceptors (Lipinski definition) is 3. The summed E-state index contributed by atoms with van der Waals surface area (Å²) in [6.07, 6.45) is 6.72. The van der Waals surface area contributed by atoms with E-state index >= 15 is 0 Å². The summed E-state index contributed by atoms with van der Waals surface area (Å²) in [5, 5.41) is 3.13. The van der Waals surface area contributed by atoms with Gasteiger partial charge in [0.05, 0.1) is 0 Å². The normalized spacial score (nSPS) is 25.9. The van der Waals surface area contributed by atoms with Crippen molar-refractivity contribution in [3.63, 3.8) is 0 Å². The minimum Gasteiger partial charge on any atom is -0.318 e. The topological polar surface area (TPSA) is 52.7 Å². The zero-order valence-electron chi connectivity index (χ0n) is 12.8. The van der Waals surface area contributed by atoms with Gasteiger partial charge in [0.25, 0.3) is 10.2 Å². The van der Waals surface area contributed by atoms with Crippen LogP contribution in [0.15, 0.2) is 0 Å². The Morgan fingerprint density at radius 3 is 2.50 bits per heavy atom. The number of likely N-dealkylation sites (N-methyl/N-ethyl adjacent to an activating group) is 1. The van der Waals surface area contributed by atoms with Crippen LogP contribution in [-0.2, 0) is 10.2 Å². The van der Waals surface area contributed by atoms with Gasteiger partial charge in [0, 0.05) is 32.2 Å². The van der Waals surface area contributed by atoms with Gasteiger partial charge in [0.1, 0.15) is 0 Å². The molecular weight excluding hydrogens is 274 g/mol. The first-order valence-corrected chi connectivity index (χ1v) is 9.40. The van der Waals surface area contributed by atoms with Crippen molar-refractivity contribution in [3.05, 3.63) is 0 Å². The Kier molecular flexibility index (Phi) is 5.84. The predicted octanol–water partition coefficient (Wildman–Crippen LogP) is 1.43. The summed E-state index contributed by atoms with van der Waals surface area (Å²) in [5.74, 6) is 0.581. The van der Waals surface area contributed by atoms with E-state index in [0.717, 1.165) is 25.8 Å². The Morgan fingerprint density at radius 2 is 1.95 bits per heavy atom. The molecule has 1 N–H and O–H groups in total. The van der Waals surface area contributed by atoms with E-state index in [1.807, 2.05) is 14.0 Å². The van der Waals surface area contributed by atoms with Gasteiger partial charge in [-0.15, -0.1) is 0 Å². The van der Waals surface area contributed by atoms with Crippen LogP contribution < -0.4 is 5.32 Å². The van der Waals surface area contributed by atoms with E-state index in [1.165, 1.54) is 19.3 Å². The molecule has 0 amide bonds. The third kappa shape index (κ3) is 3.53. The van der Waals surface area contributed by atoms with Crippen molar-refractivity contribution >= 4 is 10.2 Å². The van der Waals surface area contributed by atoms with E-state index in [4.69, 9.17) is 0 Å². The Hall–Kier alpha value is -0.170. The third-order valence-electron chi connectivity index (χ3n) is 4.67. The fourth-order valence-corrected chi connectivity index (χ4v) is 5.15. The molecule has 0 aromatic carbocycles. The minimum atomic E-state index is -3.29. The quantitative estimate of drug-likeness (QED) is 0.774. The van der Waals surface area contributed by atoms with Crippen LogP contribution in [0.4, 0.5) is 0 Å². The van der Waals surface area contributed by atoms with E-state index in [2.05, 4.69) is 5.32 Å². The van der Waals surface area contributed by atoms with Crippen molar-refractivity contribution in [1.29, 1.82) is 0 Å². The highest BCUT2D eigenvalue weighted by atomic mass is 32.2. The zero-order chi connectivity index (χ0) is 14.6. The molecule has 1 unspecified atom stereocenters. The van der Waals surface area contributed by atoms with Crippen LogP contribution in [0, 0.1) is 5.92 Å². The number of piperidine rings is 1. The summed E-state index contributed by atoms with van der Waals surface area (Å²) in [6.45, 7) is 4.67. The van der Waals surface area contributed by atoms with Crippen molar-refractivity contribution in [2.24, 2.45) is 5.92 Å². The smallest absolute Gasteiger partial charge is 0.282 e. The highest BCUT2D eigenvalue weighted by Gasteiger charge is 2.37. The van der Waals surface area contributed by atoms with Gasteiger partial charge in [0.15, 0.2) is 0 Å². The first-order valence-electron chi connectivity index (χ1n) is 8.01. The number of nitrogens with zero attached hydrogens (tertiary/aromatic N) is 2. The van der Waals surface area contributed by atoms with Gasteiger partial charge in [-0.3, -0.25) is 0 Å². The maximum atomic E-state index is 12.9. The molecular formula is C14H29N3O2S. The summed E-state index contributed by atoms with van der Waals surface area (Å²) >= 11 is 0. The van der Waals surface area contributed by atoms with Gasteiger partial charge < -0.3 is 5.32 Å². The highest BCUT2D eigenvalue weighted by molar-refractivity contribution is 7.86. The lowest BCUT2D eigenvalue weighted by Gasteiger charge is -2.39. The molecule has 2 fully saturated rings. The lowest BCUT2D eigenvalue weighted by Crippen LogP contribution is -2.54. The summed E-state index contributed by atoms with van der Waals surface area (Å²) < 4.78 is 29.2. The molecule has 1 saturated heterocycles. The van der Waals surface area contributed by atoms with Crippen LogP contribution >= 0.6 is 0 Å². The van der Waals surface area contributed by atoms with Gasteiger partial charge in [-0.1, -0.05) is 19.8 Å². The van der Waals surface area contributed by atoms with Gasteiger partial charge in [-0.05, 0) is 38.6 Å². The fraction of sp³-hybridized carbons (Fsp3) is 1.00. The van der Waals surface area contributed by atoms with Gasteiger partial charge in [-0.25, -0.2) is 0 Å². The molecule has 2 rings (SSSR count). The van der Waals surface area contributed by atoms with E-state index in [-0.39, 0.29) is 6.04 Å². The summed E-state index contributed by atoms with van der Waals surface area (Å²) in [4.78, 5) is 0. The van der Waals surface area contributed by atoms with Crippen molar-refractivity contribution in [3.8, 4) is 0 Å². The summed E-state index contributed by atoms with van der Waals surface area (Å²) in [5.41, 5.74) is 0. The van der Waals surface area contributed by atoms with Gasteiger partial charge >= 0.3 is 0 Å². The van der Waals surface area contributed by atoms with Crippen LogP contribution in [-0.4, -0.2) is 56.3 Å². The Labute approximate surface area is 123 Å². The standard InChI is InChI=1S/C14H29N3O2S/c1-3-16(12-13-7-6-8-13)20(18,19)17-10-5-4-9-14(17)11-15-2/h13-15H,3-12H2,1-2H3. The van der Waals surface area contributed by atoms with E-state index in [0.29, 0.717) is 25.6 Å². The largest absolute Gasteiger partial charge is 0.318 e. The molecule has 2 aliphatic rings. The highest BCUT2D eigenvalue weighted by Crippen LogP contribution is 2.29.